The summed E-state index contributed by atoms with van der Waals surface area (Å²) >= 11 is 0. The van der Waals surface area contributed by atoms with Crippen LogP contribution in [0.1, 0.15) is 6.92 Å². The molecule has 0 unspecified atom stereocenters. The number of hydrogen-bond donors (Lipinski definition) is 3. The molecule has 1 saturated heterocycles. The van der Waals surface area contributed by atoms with E-state index < -0.39 is 30.2 Å². The summed E-state index contributed by atoms with van der Waals surface area (Å²) in [6.07, 6.45) is -5.08. The smallest absolute Gasteiger partial charge is 0.480 e. The van der Waals surface area contributed by atoms with Gasteiger partial charge in [0.25, 0.3) is 5.56 Å². The number of hydrogen-bond acceptors (Lipinski definition) is 7. The number of imidazole rings is 1. The summed E-state index contributed by atoms with van der Waals surface area (Å²) in [5.41, 5.74) is 1.53. The van der Waals surface area contributed by atoms with Gasteiger partial charge in [0.2, 0.25) is 5.95 Å². The molecule has 1 fully saturated rings. The number of piperazine rings is 1. The van der Waals surface area contributed by atoms with Crippen molar-refractivity contribution in [1.82, 2.24) is 24.6 Å². The van der Waals surface area contributed by atoms with E-state index in [0.29, 0.717) is 22.7 Å². The van der Waals surface area contributed by atoms with Gasteiger partial charge in [0.1, 0.15) is 23.3 Å². The van der Waals surface area contributed by atoms with E-state index >= 15 is 0 Å². The van der Waals surface area contributed by atoms with Crippen molar-refractivity contribution < 1.29 is 33.0 Å². The number of nitrogens with one attached hydrogen (secondary N) is 1. The van der Waals surface area contributed by atoms with Crippen molar-refractivity contribution in [2.45, 2.75) is 26.2 Å². The third-order valence-corrected chi connectivity index (χ3v) is 5.22. The lowest BCUT2D eigenvalue weighted by Crippen LogP contribution is -2.44. The van der Waals surface area contributed by atoms with Crippen molar-refractivity contribution in [3.63, 3.8) is 0 Å². The van der Waals surface area contributed by atoms with Crippen LogP contribution in [0.4, 0.5) is 19.1 Å². The molecule has 0 amide bonds. The molecule has 3 N–H and O–H groups in total. The fourth-order valence-corrected chi connectivity index (χ4v) is 3.60. The number of aliphatic carboxylic acids is 2. The van der Waals surface area contributed by atoms with E-state index in [9.17, 15) is 27.9 Å². The Hall–Kier alpha value is -4.38. The van der Waals surface area contributed by atoms with E-state index in [2.05, 4.69) is 27.2 Å². The van der Waals surface area contributed by atoms with E-state index in [0.717, 1.165) is 36.4 Å². The number of alkyl halides is 3. The van der Waals surface area contributed by atoms with Gasteiger partial charge in [-0.1, -0.05) is 36.3 Å². The molecule has 1 aliphatic heterocycles. The van der Waals surface area contributed by atoms with Crippen molar-refractivity contribution >= 4 is 28.9 Å². The highest BCUT2D eigenvalue weighted by atomic mass is 19.4. The van der Waals surface area contributed by atoms with Crippen molar-refractivity contribution in [2.75, 3.05) is 31.1 Å². The third kappa shape index (κ3) is 6.44. The number of rotatable bonds is 5. The number of fused-ring (bicyclic) bond motifs is 1. The van der Waals surface area contributed by atoms with Crippen LogP contribution in [-0.2, 0) is 22.7 Å². The Morgan fingerprint density at radius 1 is 1.14 bits per heavy atom. The Morgan fingerprint density at radius 2 is 1.76 bits per heavy atom. The Morgan fingerprint density at radius 3 is 2.30 bits per heavy atom. The molecule has 0 atom stereocenters. The fourth-order valence-electron chi connectivity index (χ4n) is 3.60. The lowest BCUT2D eigenvalue weighted by Gasteiger charge is -2.28. The summed E-state index contributed by atoms with van der Waals surface area (Å²) in [6, 6.07) is 9.35. The molecule has 1 aromatic carbocycles. The van der Waals surface area contributed by atoms with E-state index in [1.165, 1.54) is 0 Å². The molecule has 0 spiro atoms. The van der Waals surface area contributed by atoms with Gasteiger partial charge in [-0.15, -0.1) is 5.92 Å². The Kier molecular flexibility index (Phi) is 8.51. The van der Waals surface area contributed by atoms with Crippen molar-refractivity contribution in [2.24, 2.45) is 0 Å². The summed E-state index contributed by atoms with van der Waals surface area (Å²) in [7, 11) is 0. The second-order valence-corrected chi connectivity index (χ2v) is 7.73. The maximum Gasteiger partial charge on any atom is 0.490 e. The number of benzene rings is 1. The van der Waals surface area contributed by atoms with Gasteiger partial charge >= 0.3 is 18.1 Å². The predicted molar refractivity (Wildman–Crippen MR) is 127 cm³/mol. The first-order valence-electron chi connectivity index (χ1n) is 11.0. The van der Waals surface area contributed by atoms with Crippen LogP contribution in [0, 0.1) is 11.8 Å². The van der Waals surface area contributed by atoms with Crippen LogP contribution in [0.5, 0.6) is 0 Å². The zero-order chi connectivity index (χ0) is 27.2. The number of carbonyl (C=O) groups is 2. The predicted octanol–water partition coefficient (Wildman–Crippen LogP) is 1.41. The molecular weight excluding hydrogens is 497 g/mol. The maximum absolute atomic E-state index is 13.2. The first-order valence-corrected chi connectivity index (χ1v) is 11.0. The molecule has 37 heavy (non-hydrogen) atoms. The highest BCUT2D eigenvalue weighted by Crippen LogP contribution is 2.28. The van der Waals surface area contributed by atoms with Gasteiger partial charge in [0.15, 0.2) is 0 Å². The molecule has 3 aromatic rings. The minimum absolute atomic E-state index is 0.285. The van der Waals surface area contributed by atoms with Crippen molar-refractivity contribution in [1.29, 1.82) is 0 Å². The first-order chi connectivity index (χ1) is 17.5. The molecule has 0 saturated carbocycles. The average Bonchev–Trinajstić information content (AvgIpc) is 3.25. The van der Waals surface area contributed by atoms with Gasteiger partial charge in [0.05, 0.1) is 6.54 Å². The zero-order valence-electron chi connectivity index (χ0n) is 19.6. The minimum Gasteiger partial charge on any atom is -0.480 e. The number of halogens is 3. The Balaban J connectivity index is 0.000000479. The van der Waals surface area contributed by atoms with Crippen LogP contribution in [0.3, 0.4) is 0 Å². The Labute approximate surface area is 208 Å². The highest BCUT2D eigenvalue weighted by Gasteiger charge is 2.38. The van der Waals surface area contributed by atoms with Crippen LogP contribution in [0.2, 0.25) is 0 Å². The summed E-state index contributed by atoms with van der Waals surface area (Å²) in [6.45, 7) is 4.63. The minimum atomic E-state index is -5.08. The summed E-state index contributed by atoms with van der Waals surface area (Å²) in [4.78, 5) is 40.4. The van der Waals surface area contributed by atoms with Crippen molar-refractivity contribution in [3.8, 4) is 23.1 Å². The van der Waals surface area contributed by atoms with Crippen LogP contribution in [0.25, 0.3) is 22.3 Å². The number of carboxylic acids is 2. The largest absolute Gasteiger partial charge is 0.490 e. The summed E-state index contributed by atoms with van der Waals surface area (Å²) in [5.74, 6) is 2.64. The number of aromatic nitrogens is 4. The molecule has 0 aliphatic carbocycles. The van der Waals surface area contributed by atoms with Gasteiger partial charge in [-0.2, -0.15) is 18.3 Å². The molecule has 3 heterocycles. The molecule has 196 valence electrons. The molecular formula is C23H23F3N6O5. The van der Waals surface area contributed by atoms with E-state index in [1.54, 1.807) is 11.5 Å². The normalized spacial score (nSPS) is 13.4. The molecule has 0 bridgehead atoms. The quantitative estimate of drug-likeness (QED) is 0.426. The first kappa shape index (κ1) is 27.2. The molecule has 14 heteroatoms. The Bertz CT molecular complexity index is 1400. The van der Waals surface area contributed by atoms with Crippen LogP contribution in [-0.4, -0.2) is 73.8 Å². The van der Waals surface area contributed by atoms with E-state index in [-0.39, 0.29) is 6.54 Å². The highest BCUT2D eigenvalue weighted by molar-refractivity contribution is 5.91. The van der Waals surface area contributed by atoms with Gasteiger partial charge in [0, 0.05) is 31.7 Å². The lowest BCUT2D eigenvalue weighted by atomic mass is 10.1. The molecule has 0 radical (unpaired) electrons. The molecule has 4 rings (SSSR count). The monoisotopic (exact) mass is 520 g/mol. The fraction of sp³-hybridized carbons (Fsp3) is 0.348. The van der Waals surface area contributed by atoms with Crippen molar-refractivity contribution in [3.05, 3.63) is 40.7 Å². The standard InChI is InChI=1S/C21H22N6O3.C2HF3O2/c1-2-3-11-26-19-18(23-21(26)25-12-9-22-10-13-25)17(15-7-5-4-6-8-15)24-27(20(19)30)14-16(28)29;3-2(4,5)1(6)7/h4-8,22H,9-14H2,1H3,(H,28,29);(H,6,7). The summed E-state index contributed by atoms with van der Waals surface area (Å²) < 4.78 is 34.5. The topological polar surface area (TPSA) is 143 Å². The number of carboxylic acid groups (broad SMARTS) is 2. The molecule has 11 nitrogen and oxygen atoms in total. The molecule has 2 aromatic heterocycles. The maximum atomic E-state index is 13.2. The average molecular weight is 520 g/mol. The number of nitrogens with zero attached hydrogens (tertiary/aromatic N) is 5. The van der Waals surface area contributed by atoms with E-state index in [1.807, 2.05) is 30.3 Å². The van der Waals surface area contributed by atoms with Gasteiger partial charge in [-0.05, 0) is 6.92 Å². The zero-order valence-corrected chi connectivity index (χ0v) is 19.6. The van der Waals surface area contributed by atoms with Gasteiger partial charge in [-0.3, -0.25) is 14.2 Å². The lowest BCUT2D eigenvalue weighted by molar-refractivity contribution is -0.192. The molecule has 1 aliphatic rings. The second-order valence-electron chi connectivity index (χ2n) is 7.73. The summed E-state index contributed by atoms with van der Waals surface area (Å²) in [5, 5.41) is 24.1. The van der Waals surface area contributed by atoms with Gasteiger partial charge in [-0.25, -0.2) is 14.5 Å². The third-order valence-electron chi connectivity index (χ3n) is 5.22. The van der Waals surface area contributed by atoms with E-state index in [4.69, 9.17) is 14.9 Å². The second kappa shape index (κ2) is 11.6. The van der Waals surface area contributed by atoms with Gasteiger partial charge < -0.3 is 20.4 Å². The van der Waals surface area contributed by atoms with Crippen LogP contribution < -0.4 is 15.8 Å². The SMILES string of the molecule is CC#CCn1c(N2CCNCC2)nc2c(-c3ccccc3)nn(CC(=O)O)c(=O)c21.O=C(O)C(F)(F)F. The van der Waals surface area contributed by atoms with Crippen LogP contribution in [0.15, 0.2) is 35.1 Å². The van der Waals surface area contributed by atoms with Crippen LogP contribution >= 0.6 is 0 Å². The number of anilines is 1.